The van der Waals surface area contributed by atoms with Crippen molar-refractivity contribution in [3.8, 4) is 0 Å². The fourth-order valence-electron chi connectivity index (χ4n) is 1.14. The Kier molecular flexibility index (Phi) is 4.01. The van der Waals surface area contributed by atoms with Crippen molar-refractivity contribution in [1.29, 1.82) is 0 Å². The molecule has 1 aromatic carbocycles. The highest BCUT2D eigenvalue weighted by Crippen LogP contribution is 2.17. The van der Waals surface area contributed by atoms with Gasteiger partial charge in [0.05, 0.1) is 0 Å². The van der Waals surface area contributed by atoms with Crippen molar-refractivity contribution in [2.24, 2.45) is 0 Å². The van der Waals surface area contributed by atoms with E-state index in [9.17, 15) is 9.90 Å². The van der Waals surface area contributed by atoms with Crippen molar-refractivity contribution < 1.29 is 15.0 Å². The van der Waals surface area contributed by atoms with Gasteiger partial charge in [0.1, 0.15) is 12.1 Å². The van der Waals surface area contributed by atoms with E-state index in [-0.39, 0.29) is 0 Å². The first-order valence-electron chi connectivity index (χ1n) is 4.08. The Labute approximate surface area is 84.2 Å². The molecule has 0 amide bonds. The number of aliphatic carboxylic acids is 1. The molecule has 1 rings (SSSR count). The number of carbonyl (C=O) groups is 1. The maximum atomic E-state index is 10.7. The Bertz CT molecular complexity index is 304. The van der Waals surface area contributed by atoms with Gasteiger partial charge in [-0.05, 0) is 5.56 Å². The highest BCUT2D eigenvalue weighted by atomic mass is 31.0. The number of hydrogen-bond donors (Lipinski definition) is 3. The lowest BCUT2D eigenvalue weighted by molar-refractivity contribution is -0.141. The summed E-state index contributed by atoms with van der Waals surface area (Å²) in [5, 5.41) is 20.9. The summed E-state index contributed by atoms with van der Waals surface area (Å²) >= 11 is 0. The molecule has 4 nitrogen and oxygen atoms in total. The highest BCUT2D eigenvalue weighted by molar-refractivity contribution is 7.13. The number of nitrogens with one attached hydrogen (secondary N) is 1. The average Bonchev–Trinajstić information content (AvgIpc) is 2.19. The number of rotatable bonds is 4. The quantitative estimate of drug-likeness (QED) is 0.639. The minimum absolute atomic E-state index is 0.579. The molecule has 1 aromatic rings. The normalized spacial score (nSPS) is 14.7. The molecule has 0 heterocycles. The third kappa shape index (κ3) is 2.51. The lowest BCUT2D eigenvalue weighted by atomic mass is 10.0. The Hall–Kier alpha value is -0.960. The molecule has 5 heteroatoms. The average molecular weight is 213 g/mol. The number of carboxylic acid groups (broad SMARTS) is 1. The largest absolute Gasteiger partial charge is 0.480 e. The van der Waals surface area contributed by atoms with Gasteiger partial charge in [0.2, 0.25) is 0 Å². The Morgan fingerprint density at radius 3 is 2.36 bits per heavy atom. The van der Waals surface area contributed by atoms with Crippen LogP contribution in [-0.4, -0.2) is 22.2 Å². The van der Waals surface area contributed by atoms with Crippen LogP contribution in [0.3, 0.4) is 0 Å². The van der Waals surface area contributed by atoms with Crippen molar-refractivity contribution in [3.05, 3.63) is 35.9 Å². The van der Waals surface area contributed by atoms with Gasteiger partial charge in [-0.2, -0.15) is 0 Å². The summed E-state index contributed by atoms with van der Waals surface area (Å²) in [4.78, 5) is 10.7. The van der Waals surface area contributed by atoms with Gasteiger partial charge in [0.15, 0.2) is 0 Å². The molecule has 76 valence electrons. The fraction of sp³-hybridized carbons (Fsp3) is 0.222. The van der Waals surface area contributed by atoms with Crippen molar-refractivity contribution in [3.63, 3.8) is 0 Å². The van der Waals surface area contributed by atoms with Crippen molar-refractivity contribution in [1.82, 2.24) is 5.09 Å². The molecule has 0 aliphatic heterocycles. The van der Waals surface area contributed by atoms with E-state index in [0.29, 0.717) is 5.56 Å². The Balaban J connectivity index is 2.83. The van der Waals surface area contributed by atoms with Crippen LogP contribution in [0.2, 0.25) is 0 Å². The molecular formula is C9H12NO3P. The van der Waals surface area contributed by atoms with Crippen LogP contribution in [0.5, 0.6) is 0 Å². The Morgan fingerprint density at radius 2 is 1.93 bits per heavy atom. The SMILES string of the molecule is O=C(O)C(NP)[C@H](O)c1ccccc1. The number of carboxylic acids is 1. The van der Waals surface area contributed by atoms with Crippen LogP contribution >= 0.6 is 9.39 Å². The molecule has 0 bridgehead atoms. The highest BCUT2D eigenvalue weighted by Gasteiger charge is 2.25. The zero-order chi connectivity index (χ0) is 10.6. The lowest BCUT2D eigenvalue weighted by Crippen LogP contribution is -2.36. The minimum atomic E-state index is -1.09. The van der Waals surface area contributed by atoms with E-state index in [1.165, 1.54) is 0 Å². The summed E-state index contributed by atoms with van der Waals surface area (Å²) in [6.45, 7) is 0. The molecule has 0 saturated heterocycles. The molecule has 0 aliphatic rings. The molecule has 0 saturated carbocycles. The standard InChI is InChI=1S/C9H12NO3P/c11-8(7(10-14)9(12)13)6-4-2-1-3-5-6/h1-5,7-8,10-11H,14H2,(H,12,13)/t7?,8-/m1/s1. The topological polar surface area (TPSA) is 69.6 Å². The third-order valence-electron chi connectivity index (χ3n) is 1.90. The van der Waals surface area contributed by atoms with E-state index in [2.05, 4.69) is 14.5 Å². The summed E-state index contributed by atoms with van der Waals surface area (Å²) in [5.41, 5.74) is 0.579. The van der Waals surface area contributed by atoms with Crippen LogP contribution in [-0.2, 0) is 4.79 Å². The van der Waals surface area contributed by atoms with Crippen LogP contribution in [0.15, 0.2) is 30.3 Å². The molecule has 0 aliphatic carbocycles. The minimum Gasteiger partial charge on any atom is -0.480 e. The van der Waals surface area contributed by atoms with Gasteiger partial charge >= 0.3 is 5.97 Å². The zero-order valence-electron chi connectivity index (χ0n) is 7.42. The molecule has 14 heavy (non-hydrogen) atoms. The van der Waals surface area contributed by atoms with Gasteiger partial charge in [-0.3, -0.25) is 9.88 Å². The molecular weight excluding hydrogens is 201 g/mol. The number of aliphatic hydroxyl groups excluding tert-OH is 1. The van der Waals surface area contributed by atoms with Crippen molar-refractivity contribution >= 4 is 15.4 Å². The maximum absolute atomic E-state index is 10.7. The summed E-state index contributed by atoms with van der Waals surface area (Å²) in [7, 11) is 2.09. The van der Waals surface area contributed by atoms with Crippen LogP contribution in [0.4, 0.5) is 0 Å². The van der Waals surface area contributed by atoms with E-state index in [4.69, 9.17) is 5.11 Å². The van der Waals surface area contributed by atoms with Gasteiger partial charge in [0.25, 0.3) is 0 Å². The van der Waals surface area contributed by atoms with Gasteiger partial charge in [-0.1, -0.05) is 39.7 Å². The predicted octanol–water partition coefficient (Wildman–Crippen LogP) is 0.553. The second-order valence-corrected chi connectivity index (χ2v) is 3.17. The van der Waals surface area contributed by atoms with Crippen molar-refractivity contribution in [2.75, 3.05) is 0 Å². The summed E-state index contributed by atoms with van der Waals surface area (Å²) in [5.74, 6) is -1.09. The summed E-state index contributed by atoms with van der Waals surface area (Å²) < 4.78 is 0. The van der Waals surface area contributed by atoms with Gasteiger partial charge in [-0.15, -0.1) is 0 Å². The van der Waals surface area contributed by atoms with Gasteiger partial charge in [0, 0.05) is 0 Å². The molecule has 2 unspecified atom stereocenters. The van der Waals surface area contributed by atoms with E-state index in [1.807, 2.05) is 0 Å². The zero-order valence-corrected chi connectivity index (χ0v) is 8.58. The van der Waals surface area contributed by atoms with Crippen molar-refractivity contribution in [2.45, 2.75) is 12.1 Å². The van der Waals surface area contributed by atoms with Crippen LogP contribution in [0.25, 0.3) is 0 Å². The van der Waals surface area contributed by atoms with Crippen LogP contribution in [0, 0.1) is 0 Å². The van der Waals surface area contributed by atoms with E-state index in [1.54, 1.807) is 30.3 Å². The van der Waals surface area contributed by atoms with Gasteiger partial charge in [-0.25, -0.2) is 0 Å². The van der Waals surface area contributed by atoms with Crippen LogP contribution < -0.4 is 5.09 Å². The molecule has 0 fully saturated rings. The molecule has 0 radical (unpaired) electrons. The number of aliphatic hydroxyl groups is 1. The van der Waals surface area contributed by atoms with E-state index >= 15 is 0 Å². The fourth-order valence-corrected chi connectivity index (χ4v) is 1.47. The first kappa shape index (κ1) is 11.1. The molecule has 3 atom stereocenters. The first-order valence-corrected chi connectivity index (χ1v) is 4.66. The maximum Gasteiger partial charge on any atom is 0.324 e. The molecule has 0 spiro atoms. The Morgan fingerprint density at radius 1 is 1.36 bits per heavy atom. The van der Waals surface area contributed by atoms with Gasteiger partial charge < -0.3 is 10.2 Å². The number of hydrogen-bond acceptors (Lipinski definition) is 3. The third-order valence-corrected chi connectivity index (χ3v) is 2.26. The summed E-state index contributed by atoms with van der Waals surface area (Å²) in [6, 6.07) is 7.66. The van der Waals surface area contributed by atoms with E-state index in [0.717, 1.165) is 0 Å². The monoisotopic (exact) mass is 213 g/mol. The summed E-state index contributed by atoms with van der Waals surface area (Å²) in [6.07, 6.45) is -1.05. The molecule has 3 N–H and O–H groups in total. The lowest BCUT2D eigenvalue weighted by Gasteiger charge is -2.18. The first-order chi connectivity index (χ1) is 6.66. The van der Waals surface area contributed by atoms with Crippen LogP contribution in [0.1, 0.15) is 11.7 Å². The molecule has 0 aromatic heterocycles. The second kappa shape index (κ2) is 5.05. The second-order valence-electron chi connectivity index (χ2n) is 2.84. The van der Waals surface area contributed by atoms with E-state index < -0.39 is 18.1 Å². The number of benzene rings is 1. The predicted molar refractivity (Wildman–Crippen MR) is 55.7 cm³/mol. The smallest absolute Gasteiger partial charge is 0.324 e.